The van der Waals surface area contributed by atoms with Gasteiger partial charge in [-0.3, -0.25) is 5.32 Å². The minimum Gasteiger partial charge on any atom is -0.478 e. The number of ether oxygens (including phenoxy) is 2. The third-order valence-corrected chi connectivity index (χ3v) is 1.89. The summed E-state index contributed by atoms with van der Waals surface area (Å²) in [5.74, 6) is -0.966. The van der Waals surface area contributed by atoms with E-state index in [0.717, 1.165) is 6.07 Å². The van der Waals surface area contributed by atoms with Crippen molar-refractivity contribution in [3.05, 3.63) is 17.8 Å². The summed E-state index contributed by atoms with van der Waals surface area (Å²) in [7, 11) is 0. The predicted molar refractivity (Wildman–Crippen MR) is 70.3 cm³/mol. The minimum absolute atomic E-state index is 0.460. The second-order valence-electron chi connectivity index (χ2n) is 4.91. The van der Waals surface area contributed by atoms with Crippen molar-refractivity contribution in [1.29, 1.82) is 0 Å². The number of anilines is 1. The summed E-state index contributed by atoms with van der Waals surface area (Å²) in [6.45, 7) is -1.95. The molecule has 0 unspecified atom stereocenters. The smallest absolute Gasteiger partial charge is 0.433 e. The SMILES string of the molecule is [2H]C([2H])([2H])C([2H])([2H])Oc1cc(NC(=O)OC(C)(C)C)cc(C(F)(F)F)n1. The third-order valence-electron chi connectivity index (χ3n) is 1.89. The molecule has 0 saturated heterocycles. The van der Waals surface area contributed by atoms with Crippen LogP contribution in [0.4, 0.5) is 23.7 Å². The van der Waals surface area contributed by atoms with Crippen LogP contribution in [0.1, 0.15) is 40.2 Å². The molecular weight excluding hydrogens is 289 g/mol. The number of carbonyl (C=O) groups is 1. The van der Waals surface area contributed by atoms with Gasteiger partial charge < -0.3 is 9.47 Å². The Labute approximate surface area is 127 Å². The molecule has 118 valence electrons. The largest absolute Gasteiger partial charge is 0.478 e. The lowest BCUT2D eigenvalue weighted by Crippen LogP contribution is -2.27. The van der Waals surface area contributed by atoms with Gasteiger partial charge in [0, 0.05) is 10.2 Å². The first-order valence-electron chi connectivity index (χ1n) is 8.19. The van der Waals surface area contributed by atoms with E-state index in [4.69, 9.17) is 11.6 Å². The number of pyridine rings is 1. The second-order valence-corrected chi connectivity index (χ2v) is 4.91. The van der Waals surface area contributed by atoms with E-state index in [9.17, 15) is 18.0 Å². The van der Waals surface area contributed by atoms with Crippen LogP contribution in [-0.2, 0) is 10.9 Å². The molecule has 1 amide bonds. The molecule has 21 heavy (non-hydrogen) atoms. The lowest BCUT2D eigenvalue weighted by atomic mass is 10.2. The maximum absolute atomic E-state index is 13.0. The van der Waals surface area contributed by atoms with Crippen LogP contribution >= 0.6 is 0 Å². The first-order chi connectivity index (χ1) is 11.4. The molecule has 5 nitrogen and oxygen atoms in total. The molecule has 1 rings (SSSR count). The Morgan fingerprint density at radius 3 is 2.62 bits per heavy atom. The number of carbonyl (C=O) groups excluding carboxylic acids is 1. The standard InChI is InChI=1S/C13H17F3N2O3/c1-5-20-10-7-8(6-9(18-10)13(14,15)16)17-11(19)21-12(2,3)4/h6-7H,5H2,1-4H3,(H,17,18,19)/i1D3,5D2. The molecule has 0 fully saturated rings. The van der Waals surface area contributed by atoms with Crippen molar-refractivity contribution in [2.75, 3.05) is 11.9 Å². The molecule has 0 atom stereocenters. The van der Waals surface area contributed by atoms with Crippen molar-refractivity contribution >= 4 is 11.8 Å². The maximum Gasteiger partial charge on any atom is 0.433 e. The van der Waals surface area contributed by atoms with Gasteiger partial charge in [-0.1, -0.05) is 0 Å². The van der Waals surface area contributed by atoms with Crippen LogP contribution in [0.25, 0.3) is 0 Å². The van der Waals surface area contributed by atoms with Crippen molar-refractivity contribution in [3.63, 3.8) is 0 Å². The van der Waals surface area contributed by atoms with Gasteiger partial charge in [-0.25, -0.2) is 9.78 Å². The number of alkyl halides is 3. The molecular formula is C13H17F3N2O3. The number of hydrogen-bond donors (Lipinski definition) is 1. The lowest BCUT2D eigenvalue weighted by molar-refractivity contribution is -0.141. The second kappa shape index (κ2) is 6.19. The van der Waals surface area contributed by atoms with Crippen molar-refractivity contribution in [3.8, 4) is 5.88 Å². The van der Waals surface area contributed by atoms with Crippen LogP contribution in [0, 0.1) is 0 Å². The Hall–Kier alpha value is -1.99. The highest BCUT2D eigenvalue weighted by molar-refractivity contribution is 5.85. The lowest BCUT2D eigenvalue weighted by Gasteiger charge is -2.20. The summed E-state index contributed by atoms with van der Waals surface area (Å²) in [4.78, 5) is 14.8. The zero-order chi connectivity index (χ0) is 20.6. The summed E-state index contributed by atoms with van der Waals surface area (Å²) in [5, 5.41) is 2.03. The topological polar surface area (TPSA) is 60.5 Å². The fourth-order valence-electron chi connectivity index (χ4n) is 1.25. The van der Waals surface area contributed by atoms with E-state index < -0.39 is 48.5 Å². The third kappa shape index (κ3) is 5.88. The Morgan fingerprint density at radius 2 is 2.10 bits per heavy atom. The monoisotopic (exact) mass is 311 g/mol. The number of nitrogens with zero attached hydrogens (tertiary/aromatic N) is 1. The molecule has 1 heterocycles. The zero-order valence-corrected chi connectivity index (χ0v) is 11.5. The molecule has 8 heteroatoms. The quantitative estimate of drug-likeness (QED) is 0.921. The van der Waals surface area contributed by atoms with Gasteiger partial charge >= 0.3 is 12.3 Å². The van der Waals surface area contributed by atoms with E-state index in [0.29, 0.717) is 6.07 Å². The van der Waals surface area contributed by atoms with Crippen molar-refractivity contribution < 1.29 is 34.3 Å². The highest BCUT2D eigenvalue weighted by Crippen LogP contribution is 2.31. The van der Waals surface area contributed by atoms with E-state index >= 15 is 0 Å². The number of halogens is 3. The molecule has 0 bridgehead atoms. The van der Waals surface area contributed by atoms with E-state index in [1.165, 1.54) is 0 Å². The van der Waals surface area contributed by atoms with E-state index in [-0.39, 0.29) is 0 Å². The normalized spacial score (nSPS) is 16.8. The molecule has 1 aromatic heterocycles. The Balaban J connectivity index is 3.22. The van der Waals surface area contributed by atoms with Gasteiger partial charge in [0.05, 0.1) is 15.0 Å². The molecule has 0 aliphatic heterocycles. The summed E-state index contributed by atoms with van der Waals surface area (Å²) < 4.78 is 84.0. The molecule has 1 N–H and O–H groups in total. The molecule has 0 saturated carbocycles. The summed E-state index contributed by atoms with van der Waals surface area (Å²) >= 11 is 0. The van der Waals surface area contributed by atoms with Crippen LogP contribution in [0.3, 0.4) is 0 Å². The highest BCUT2D eigenvalue weighted by atomic mass is 19.4. The highest BCUT2D eigenvalue weighted by Gasteiger charge is 2.33. The van der Waals surface area contributed by atoms with Gasteiger partial charge in [-0.2, -0.15) is 13.2 Å². The number of rotatable bonds is 3. The van der Waals surface area contributed by atoms with E-state index in [1.54, 1.807) is 20.8 Å². The molecule has 1 aromatic rings. The van der Waals surface area contributed by atoms with Crippen LogP contribution < -0.4 is 10.1 Å². The van der Waals surface area contributed by atoms with Gasteiger partial charge in [0.2, 0.25) is 5.88 Å². The number of hydrogen-bond acceptors (Lipinski definition) is 4. The fraction of sp³-hybridized carbons (Fsp3) is 0.538. The predicted octanol–water partition coefficient (Wildman–Crippen LogP) is 3.85. The Kier molecular flexibility index (Phi) is 3.15. The first kappa shape index (κ1) is 10.7. The molecule has 0 aliphatic rings. The molecule has 0 aliphatic carbocycles. The van der Waals surface area contributed by atoms with E-state index in [2.05, 4.69) is 9.72 Å². The average molecular weight is 311 g/mol. The van der Waals surface area contributed by atoms with E-state index in [1.807, 2.05) is 5.32 Å². The van der Waals surface area contributed by atoms with Gasteiger partial charge in [0.25, 0.3) is 0 Å². The fourth-order valence-corrected chi connectivity index (χ4v) is 1.25. The Morgan fingerprint density at radius 1 is 1.43 bits per heavy atom. The number of amides is 1. The van der Waals surface area contributed by atoms with Gasteiger partial charge in [-0.05, 0) is 33.7 Å². The molecule has 0 aromatic carbocycles. The molecule has 0 spiro atoms. The van der Waals surface area contributed by atoms with Crippen LogP contribution in [0.2, 0.25) is 0 Å². The van der Waals surface area contributed by atoms with Crippen LogP contribution in [-0.4, -0.2) is 23.2 Å². The average Bonchev–Trinajstić information content (AvgIpc) is 2.32. The first-order valence-corrected chi connectivity index (χ1v) is 5.69. The van der Waals surface area contributed by atoms with Crippen molar-refractivity contribution in [2.24, 2.45) is 0 Å². The Bertz CT molecular complexity index is 672. The van der Waals surface area contributed by atoms with Gasteiger partial charge in [0.15, 0.2) is 5.69 Å². The van der Waals surface area contributed by atoms with Crippen molar-refractivity contribution in [1.82, 2.24) is 4.98 Å². The van der Waals surface area contributed by atoms with Crippen molar-refractivity contribution in [2.45, 2.75) is 39.4 Å². The zero-order valence-electron chi connectivity index (χ0n) is 16.5. The number of aromatic nitrogens is 1. The van der Waals surface area contributed by atoms with Gasteiger partial charge in [-0.15, -0.1) is 0 Å². The summed E-state index contributed by atoms with van der Waals surface area (Å²) in [6, 6.07) is 1.23. The summed E-state index contributed by atoms with van der Waals surface area (Å²) in [6.07, 6.45) is -6.02. The maximum atomic E-state index is 13.0. The van der Waals surface area contributed by atoms with Crippen LogP contribution in [0.5, 0.6) is 5.88 Å². The van der Waals surface area contributed by atoms with Crippen LogP contribution in [0.15, 0.2) is 12.1 Å². The minimum atomic E-state index is -4.95. The van der Waals surface area contributed by atoms with Gasteiger partial charge in [0.1, 0.15) is 5.60 Å². The molecule has 0 radical (unpaired) electrons. The number of nitrogens with one attached hydrogen (secondary N) is 1. The summed E-state index contributed by atoms with van der Waals surface area (Å²) in [5.41, 5.74) is -2.89.